The third kappa shape index (κ3) is 4.45. The quantitative estimate of drug-likeness (QED) is 0.686. The lowest BCUT2D eigenvalue weighted by molar-refractivity contribution is -0.135. The van der Waals surface area contributed by atoms with E-state index in [-0.39, 0.29) is 29.8 Å². The molecular formula is C20H33N3O4. The predicted molar refractivity (Wildman–Crippen MR) is 101 cm³/mol. The highest BCUT2D eigenvalue weighted by molar-refractivity contribution is 6.04. The molecule has 27 heavy (non-hydrogen) atoms. The molecule has 0 radical (unpaired) electrons. The summed E-state index contributed by atoms with van der Waals surface area (Å²) in [6.45, 7) is 6.09. The average Bonchev–Trinajstić information content (AvgIpc) is 2.76. The van der Waals surface area contributed by atoms with E-state index >= 15 is 0 Å². The van der Waals surface area contributed by atoms with Gasteiger partial charge in [0.05, 0.1) is 19.7 Å². The first-order valence-electron chi connectivity index (χ1n) is 10.2. The number of urea groups is 1. The minimum atomic E-state index is -0.563. The number of carbonyl (C=O) groups is 3. The number of methoxy groups -OCH3 is 1. The zero-order valence-corrected chi connectivity index (χ0v) is 16.9. The van der Waals surface area contributed by atoms with Gasteiger partial charge in [-0.1, -0.05) is 33.1 Å². The van der Waals surface area contributed by atoms with Crippen LogP contribution in [-0.2, 0) is 14.3 Å². The molecule has 2 heterocycles. The predicted octanol–water partition coefficient (Wildman–Crippen LogP) is 2.10. The molecule has 1 saturated carbocycles. The summed E-state index contributed by atoms with van der Waals surface area (Å²) >= 11 is 0. The van der Waals surface area contributed by atoms with Crippen molar-refractivity contribution in [1.29, 1.82) is 0 Å². The smallest absolute Gasteiger partial charge is 0.327 e. The van der Waals surface area contributed by atoms with Crippen molar-refractivity contribution in [3.05, 3.63) is 0 Å². The van der Waals surface area contributed by atoms with Crippen LogP contribution in [0.2, 0.25) is 0 Å². The topological polar surface area (TPSA) is 70.2 Å². The fraction of sp³-hybridized carbons (Fsp3) is 0.850. The summed E-state index contributed by atoms with van der Waals surface area (Å²) in [5.41, 5.74) is -0.246. The fourth-order valence-electron chi connectivity index (χ4n) is 4.70. The summed E-state index contributed by atoms with van der Waals surface area (Å²) in [6, 6.07) is -0.817. The molecule has 2 saturated heterocycles. The van der Waals surface area contributed by atoms with Gasteiger partial charge < -0.3 is 14.5 Å². The third-order valence-corrected chi connectivity index (χ3v) is 6.07. The Morgan fingerprint density at radius 3 is 2.52 bits per heavy atom. The second-order valence-corrected chi connectivity index (χ2v) is 9.06. The second-order valence-electron chi connectivity index (χ2n) is 9.06. The molecule has 4 amide bonds. The fourth-order valence-corrected chi connectivity index (χ4v) is 4.70. The van der Waals surface area contributed by atoms with Crippen LogP contribution >= 0.6 is 0 Å². The maximum atomic E-state index is 13.0. The van der Waals surface area contributed by atoms with Gasteiger partial charge in [0, 0.05) is 32.0 Å². The molecule has 7 nitrogen and oxygen atoms in total. The number of rotatable bonds is 5. The Morgan fingerprint density at radius 1 is 1.15 bits per heavy atom. The maximum Gasteiger partial charge on any atom is 0.327 e. The normalized spacial score (nSPS) is 26.3. The Labute approximate surface area is 162 Å². The van der Waals surface area contributed by atoms with Crippen LogP contribution in [0, 0.1) is 11.3 Å². The highest BCUT2D eigenvalue weighted by Gasteiger charge is 2.50. The van der Waals surface area contributed by atoms with Crippen molar-refractivity contribution in [2.45, 2.75) is 58.4 Å². The van der Waals surface area contributed by atoms with Gasteiger partial charge in [-0.3, -0.25) is 14.5 Å². The van der Waals surface area contributed by atoms with Gasteiger partial charge >= 0.3 is 6.03 Å². The third-order valence-electron chi connectivity index (χ3n) is 6.07. The summed E-state index contributed by atoms with van der Waals surface area (Å²) in [5, 5.41) is 0. The van der Waals surface area contributed by atoms with E-state index in [9.17, 15) is 14.4 Å². The van der Waals surface area contributed by atoms with Crippen LogP contribution in [0.5, 0.6) is 0 Å². The highest BCUT2D eigenvalue weighted by atomic mass is 16.5. The minimum Gasteiger partial charge on any atom is -0.383 e. The summed E-state index contributed by atoms with van der Waals surface area (Å²) in [5.74, 6) is 0.394. The molecule has 3 aliphatic rings. The highest BCUT2D eigenvalue weighted by Crippen LogP contribution is 2.32. The van der Waals surface area contributed by atoms with Crippen LogP contribution in [0.4, 0.5) is 4.79 Å². The molecule has 0 N–H and O–H groups in total. The molecule has 2 aliphatic heterocycles. The van der Waals surface area contributed by atoms with E-state index in [1.807, 2.05) is 4.90 Å². The Kier molecular flexibility index (Phi) is 6.08. The van der Waals surface area contributed by atoms with Crippen molar-refractivity contribution in [2.24, 2.45) is 11.3 Å². The van der Waals surface area contributed by atoms with Crippen molar-refractivity contribution in [2.75, 3.05) is 39.9 Å². The summed E-state index contributed by atoms with van der Waals surface area (Å²) in [6.07, 6.45) is 6.51. The number of fused-ring (bicyclic) bond motifs is 1. The van der Waals surface area contributed by atoms with E-state index < -0.39 is 6.04 Å². The number of imide groups is 1. The lowest BCUT2D eigenvalue weighted by Gasteiger charge is -2.32. The molecule has 0 aromatic heterocycles. The van der Waals surface area contributed by atoms with Crippen molar-refractivity contribution >= 4 is 17.8 Å². The van der Waals surface area contributed by atoms with Crippen molar-refractivity contribution in [1.82, 2.24) is 14.7 Å². The number of ether oxygens (including phenoxy) is 1. The van der Waals surface area contributed by atoms with E-state index in [1.165, 1.54) is 24.2 Å². The van der Waals surface area contributed by atoms with Crippen LogP contribution in [0.15, 0.2) is 0 Å². The molecule has 1 atom stereocenters. The van der Waals surface area contributed by atoms with E-state index in [2.05, 4.69) is 13.8 Å². The van der Waals surface area contributed by atoms with Gasteiger partial charge in [0.25, 0.3) is 5.91 Å². The molecule has 0 aromatic rings. The van der Waals surface area contributed by atoms with Crippen LogP contribution < -0.4 is 0 Å². The van der Waals surface area contributed by atoms with E-state index in [4.69, 9.17) is 4.74 Å². The van der Waals surface area contributed by atoms with Crippen LogP contribution in [0.3, 0.4) is 0 Å². The standard InChI is InChI=1S/C20H33N3O4/c1-20(2)13-21(17(24)11-15-7-5-4-6-8-15)12-16-18(25)22(9-10-27-3)19(26)23(16)14-20/h15-16H,4-14H2,1-3H3. The first-order valence-corrected chi connectivity index (χ1v) is 10.2. The Morgan fingerprint density at radius 2 is 1.85 bits per heavy atom. The minimum absolute atomic E-state index is 0.132. The Hall–Kier alpha value is -1.63. The van der Waals surface area contributed by atoms with Crippen LogP contribution in [-0.4, -0.2) is 78.5 Å². The monoisotopic (exact) mass is 379 g/mol. The molecule has 3 fully saturated rings. The molecule has 7 heteroatoms. The molecule has 1 aliphatic carbocycles. The number of hydrogen-bond donors (Lipinski definition) is 0. The van der Waals surface area contributed by atoms with Gasteiger partial charge in [-0.15, -0.1) is 0 Å². The molecular weight excluding hydrogens is 346 g/mol. The molecule has 0 bridgehead atoms. The van der Waals surface area contributed by atoms with Gasteiger partial charge in [0.1, 0.15) is 6.04 Å². The lowest BCUT2D eigenvalue weighted by Crippen LogP contribution is -2.44. The second kappa shape index (κ2) is 8.17. The zero-order chi connectivity index (χ0) is 19.6. The summed E-state index contributed by atoms with van der Waals surface area (Å²) in [7, 11) is 1.55. The van der Waals surface area contributed by atoms with Crippen molar-refractivity contribution < 1.29 is 19.1 Å². The summed E-state index contributed by atoms with van der Waals surface area (Å²) < 4.78 is 5.03. The van der Waals surface area contributed by atoms with Gasteiger partial charge in [-0.05, 0) is 18.8 Å². The molecule has 0 aromatic carbocycles. The van der Waals surface area contributed by atoms with E-state index in [1.54, 1.807) is 12.0 Å². The Bertz CT molecular complexity index is 586. The molecule has 1 unspecified atom stereocenters. The first kappa shape index (κ1) is 20.1. The lowest BCUT2D eigenvalue weighted by atomic mass is 9.86. The summed E-state index contributed by atoms with van der Waals surface area (Å²) in [4.78, 5) is 43.4. The van der Waals surface area contributed by atoms with Gasteiger partial charge in [0.2, 0.25) is 5.91 Å². The molecule has 152 valence electrons. The largest absolute Gasteiger partial charge is 0.383 e. The SMILES string of the molecule is COCCN1C(=O)C2CN(C(=O)CC3CCCCC3)CC(C)(C)CN2C1=O. The zero-order valence-electron chi connectivity index (χ0n) is 16.9. The Balaban J connectivity index is 1.73. The van der Waals surface area contributed by atoms with E-state index in [0.29, 0.717) is 38.6 Å². The van der Waals surface area contributed by atoms with Crippen LogP contribution in [0.1, 0.15) is 52.4 Å². The van der Waals surface area contributed by atoms with Crippen molar-refractivity contribution in [3.63, 3.8) is 0 Å². The maximum absolute atomic E-state index is 13.0. The van der Waals surface area contributed by atoms with E-state index in [0.717, 1.165) is 12.8 Å². The average molecular weight is 380 g/mol. The van der Waals surface area contributed by atoms with Crippen LogP contribution in [0.25, 0.3) is 0 Å². The molecule has 3 rings (SSSR count). The van der Waals surface area contributed by atoms with Crippen molar-refractivity contribution in [3.8, 4) is 0 Å². The molecule has 0 spiro atoms. The number of amides is 4. The van der Waals surface area contributed by atoms with Gasteiger partial charge in [0.15, 0.2) is 0 Å². The van der Waals surface area contributed by atoms with Gasteiger partial charge in [-0.25, -0.2) is 4.79 Å². The van der Waals surface area contributed by atoms with Gasteiger partial charge in [-0.2, -0.15) is 0 Å². The number of carbonyl (C=O) groups excluding carboxylic acids is 3. The first-order chi connectivity index (χ1) is 12.8. The number of nitrogens with zero attached hydrogens (tertiary/aromatic N) is 3. The number of hydrogen-bond acceptors (Lipinski definition) is 4.